The van der Waals surface area contributed by atoms with Crippen LogP contribution in [0.5, 0.6) is 0 Å². The van der Waals surface area contributed by atoms with Crippen LogP contribution in [0.4, 0.5) is 34.4 Å². The molecule has 8 bridgehead atoms. The number of hydrogen-bond acceptors (Lipinski definition) is 5. The van der Waals surface area contributed by atoms with Gasteiger partial charge in [0, 0.05) is 42.7 Å². The molecule has 17 rings (SSSR count). The predicted molar refractivity (Wildman–Crippen MR) is 341 cm³/mol. The molecule has 4 nitrogen and oxygen atoms in total. The van der Waals surface area contributed by atoms with E-state index in [1.54, 1.807) is 0 Å². The van der Waals surface area contributed by atoms with Gasteiger partial charge in [0.1, 0.15) is 17.5 Å². The molecule has 0 spiro atoms. The van der Waals surface area contributed by atoms with Crippen LogP contribution < -0.4 is 25.5 Å². The van der Waals surface area contributed by atoms with Gasteiger partial charge in [-0.05, 0) is 212 Å². The number of fused-ring (bicyclic) bond motifs is 7. The van der Waals surface area contributed by atoms with E-state index in [1.165, 1.54) is 144 Å². The van der Waals surface area contributed by atoms with Gasteiger partial charge in [0.15, 0.2) is 0 Å². The third-order valence-electron chi connectivity index (χ3n) is 22.8. The minimum Gasteiger partial charge on any atom is -0.295 e. The Bertz CT molecular complexity index is 3690. The number of thiophene rings is 1. The fraction of sp³-hybridized carbons (Fsp3) is 0.514. The Morgan fingerprint density at radius 3 is 1.61 bits per heavy atom. The van der Waals surface area contributed by atoms with Gasteiger partial charge in [-0.3, -0.25) is 9.80 Å². The van der Waals surface area contributed by atoms with Gasteiger partial charge in [-0.15, -0.1) is 11.3 Å². The van der Waals surface area contributed by atoms with Crippen LogP contribution in [-0.4, -0.2) is 16.7 Å². The molecule has 10 aliphatic rings. The van der Waals surface area contributed by atoms with E-state index < -0.39 is 0 Å². The smallest absolute Gasteiger partial charge is 0.268 e. The summed E-state index contributed by atoms with van der Waals surface area (Å²) < 4.78 is 2.75. The van der Waals surface area contributed by atoms with Crippen molar-refractivity contribution >= 4 is 78.2 Å². The van der Waals surface area contributed by atoms with E-state index in [1.807, 2.05) is 11.3 Å². The Balaban J connectivity index is 1.07. The number of nitrogens with zero attached hydrogens (tertiary/aromatic N) is 4. The van der Waals surface area contributed by atoms with Crippen molar-refractivity contribution in [3.8, 4) is 11.1 Å². The Morgan fingerprint density at radius 2 is 1.02 bits per heavy atom. The minimum absolute atomic E-state index is 0.0194. The molecule has 7 aromatic rings. The molecule has 8 aliphatic carbocycles. The third-order valence-corrected chi connectivity index (χ3v) is 24.1. The van der Waals surface area contributed by atoms with Gasteiger partial charge >= 0.3 is 0 Å². The van der Waals surface area contributed by atoms with E-state index in [0.29, 0.717) is 0 Å². The van der Waals surface area contributed by atoms with E-state index in [-0.39, 0.29) is 44.6 Å². The topological polar surface area (TPSA) is 32.3 Å². The molecule has 0 radical (unpaired) electrons. The van der Waals surface area contributed by atoms with Gasteiger partial charge in [-0.1, -0.05) is 165 Å². The minimum atomic E-state index is -0.0664. The molecule has 7 saturated carbocycles. The molecule has 0 N–H and O–H groups in total. The molecule has 7 fully saturated rings. The second-order valence-corrected chi connectivity index (χ2v) is 33.9. The standard InChI is InChI=1S/C74H87BN4S/c1-68(2,3)43-19-17-42(18-20-43)48-34-44(69(4,5)6)21-26-59(48)79-60-27-22-46(71(10,11)12)36-58(60)75-62-65(76-67(77-66(62)79)74-38-53-49-31-41-32-50(53)55(40-74)51(33-41)54(49)39-74)78(47-24-25-56-57(37-47)73(15,16)30-29-72(56,13)14)63-52-35-45(70(7,8)9)23-28-61(52)80-64(63)75/h17-28,34-37,41,49-51,53-55H,29-33,38-40H2,1-16H3/t41?,49-,50-,51?,53?,54?,55?,74-/m1/s1. The largest absolute Gasteiger partial charge is 0.295 e. The predicted octanol–water partition coefficient (Wildman–Crippen LogP) is 17.9. The van der Waals surface area contributed by atoms with Crippen molar-refractivity contribution in [2.75, 3.05) is 9.80 Å². The van der Waals surface area contributed by atoms with E-state index in [2.05, 4.69) is 218 Å². The zero-order valence-electron chi connectivity index (χ0n) is 51.2. The molecule has 4 heterocycles. The van der Waals surface area contributed by atoms with Gasteiger partial charge in [0.2, 0.25) is 0 Å². The summed E-state index contributed by atoms with van der Waals surface area (Å²) in [6, 6.07) is 39.6. The van der Waals surface area contributed by atoms with E-state index in [4.69, 9.17) is 9.97 Å². The first-order chi connectivity index (χ1) is 37.6. The van der Waals surface area contributed by atoms with Crippen molar-refractivity contribution < 1.29 is 0 Å². The van der Waals surface area contributed by atoms with Crippen LogP contribution in [0.25, 0.3) is 21.2 Å². The van der Waals surface area contributed by atoms with Gasteiger partial charge in [-0.2, -0.15) is 0 Å². The Labute approximate surface area is 484 Å². The molecule has 6 heteroatoms. The fourth-order valence-corrected chi connectivity index (χ4v) is 19.7. The molecule has 412 valence electrons. The SMILES string of the molecule is CC(C)(C)c1ccc(-c2cc(C(C)(C)C)ccc2N2c3ccc(C(C)(C)C)cc3B3c4sc5ccc(C(C)(C)C)cc5c4N(c4ccc5c(c4)C(C)(C)CCC5(C)C)c4nc([C@]56CC7C8CC9C[C@@H]7C(C5)[C@@H](C9)C8C6)nc2c43)cc1. The van der Waals surface area contributed by atoms with Crippen molar-refractivity contribution in [2.45, 2.75) is 200 Å². The Hall–Kier alpha value is -5.20. The second-order valence-electron chi connectivity index (χ2n) is 32.8. The van der Waals surface area contributed by atoms with Crippen molar-refractivity contribution in [3.05, 3.63) is 136 Å². The lowest BCUT2D eigenvalue weighted by molar-refractivity contribution is -0.213. The van der Waals surface area contributed by atoms with Crippen molar-refractivity contribution in [1.82, 2.24) is 9.97 Å². The summed E-state index contributed by atoms with van der Waals surface area (Å²) in [5.41, 5.74) is 18.5. The number of anilines is 6. The molecule has 0 atom stereocenters. The molecule has 80 heavy (non-hydrogen) atoms. The summed E-state index contributed by atoms with van der Waals surface area (Å²) in [4.78, 5) is 18.2. The lowest BCUT2D eigenvalue weighted by atomic mass is 9.33. The van der Waals surface area contributed by atoms with Gasteiger partial charge in [0.25, 0.3) is 6.71 Å². The van der Waals surface area contributed by atoms with Gasteiger partial charge < -0.3 is 0 Å². The van der Waals surface area contributed by atoms with Crippen molar-refractivity contribution in [2.24, 2.45) is 41.4 Å². The number of benzene rings is 5. The molecule has 2 aromatic heterocycles. The summed E-state index contributed by atoms with van der Waals surface area (Å²) in [7, 11) is 0. The molecular formula is C74H87BN4S. The maximum Gasteiger partial charge on any atom is 0.268 e. The second kappa shape index (κ2) is 16.5. The lowest BCUT2D eigenvalue weighted by Gasteiger charge is -2.72. The summed E-state index contributed by atoms with van der Waals surface area (Å²) in [5, 5.41) is 1.35. The molecular weight excluding hydrogens is 988 g/mol. The highest BCUT2D eigenvalue weighted by atomic mass is 32.1. The Morgan fingerprint density at radius 1 is 0.512 bits per heavy atom. The number of aromatic nitrogens is 2. The zero-order valence-corrected chi connectivity index (χ0v) is 52.0. The van der Waals surface area contributed by atoms with Crippen LogP contribution in [0.2, 0.25) is 0 Å². The van der Waals surface area contributed by atoms with Crippen LogP contribution in [-0.2, 0) is 37.9 Å². The van der Waals surface area contributed by atoms with Gasteiger partial charge in [0.05, 0.1) is 11.4 Å². The maximum atomic E-state index is 6.44. The molecule has 0 saturated heterocycles. The highest BCUT2D eigenvalue weighted by Gasteiger charge is 2.68. The summed E-state index contributed by atoms with van der Waals surface area (Å²) in [6.07, 6.45) is 10.5. The summed E-state index contributed by atoms with van der Waals surface area (Å²) in [5.74, 6) is 9.38. The number of hydrogen-bond donors (Lipinski definition) is 0. The first kappa shape index (κ1) is 51.7. The normalized spacial score (nSPS) is 27.4. The number of rotatable bonds is 4. The molecule has 0 amide bonds. The highest BCUT2D eigenvalue weighted by Crippen LogP contribution is 2.74. The Kier molecular flexibility index (Phi) is 10.7. The first-order valence-corrected chi connectivity index (χ1v) is 32.0. The van der Waals surface area contributed by atoms with Gasteiger partial charge in [-0.25, -0.2) is 9.97 Å². The van der Waals surface area contributed by atoms with E-state index in [0.717, 1.165) is 58.9 Å². The summed E-state index contributed by atoms with van der Waals surface area (Å²) in [6.45, 7) is 38.3. The van der Waals surface area contributed by atoms with Crippen LogP contribution >= 0.6 is 11.3 Å². The van der Waals surface area contributed by atoms with Crippen molar-refractivity contribution in [3.63, 3.8) is 0 Å². The average molecular weight is 1080 g/mol. The molecule has 0 unspecified atom stereocenters. The average Bonchev–Trinajstić information content (AvgIpc) is 1.49. The van der Waals surface area contributed by atoms with E-state index in [9.17, 15) is 0 Å². The fourth-order valence-electron chi connectivity index (χ4n) is 18.4. The molecule has 2 aliphatic heterocycles. The lowest BCUT2D eigenvalue weighted by Crippen LogP contribution is -2.67. The van der Waals surface area contributed by atoms with Crippen molar-refractivity contribution in [1.29, 1.82) is 0 Å². The van der Waals surface area contributed by atoms with Crippen LogP contribution in [0.15, 0.2) is 97.1 Å². The zero-order chi connectivity index (χ0) is 55.9. The van der Waals surface area contributed by atoms with Crippen LogP contribution in [0.1, 0.15) is 201 Å². The highest BCUT2D eigenvalue weighted by molar-refractivity contribution is 7.33. The monoisotopic (exact) mass is 1070 g/mol. The maximum absolute atomic E-state index is 6.44. The molecule has 5 aromatic carbocycles. The first-order valence-electron chi connectivity index (χ1n) is 31.2. The van der Waals surface area contributed by atoms with Crippen LogP contribution in [0, 0.1) is 41.4 Å². The quantitative estimate of drug-likeness (QED) is 0.164. The van der Waals surface area contributed by atoms with Crippen LogP contribution in [0.3, 0.4) is 0 Å². The van der Waals surface area contributed by atoms with E-state index >= 15 is 0 Å². The third kappa shape index (κ3) is 7.43. The summed E-state index contributed by atoms with van der Waals surface area (Å²) >= 11 is 2.02.